The molecule has 0 bridgehead atoms. The molecular formula is C22H23ClN6O2. The molecule has 0 aliphatic carbocycles. The lowest BCUT2D eigenvalue weighted by molar-refractivity contribution is -0.130. The van der Waals surface area contributed by atoms with Crippen LogP contribution in [0.3, 0.4) is 0 Å². The quantitative estimate of drug-likeness (QED) is 0.637. The molecule has 1 fully saturated rings. The maximum absolute atomic E-state index is 12.5. The van der Waals surface area contributed by atoms with Crippen molar-refractivity contribution in [2.75, 3.05) is 37.6 Å². The van der Waals surface area contributed by atoms with Crippen molar-refractivity contribution in [3.05, 3.63) is 77.1 Å². The van der Waals surface area contributed by atoms with Gasteiger partial charge in [0.15, 0.2) is 5.69 Å². The molecule has 0 unspecified atom stereocenters. The van der Waals surface area contributed by atoms with Crippen LogP contribution < -0.4 is 10.2 Å². The third-order valence-corrected chi connectivity index (χ3v) is 5.40. The van der Waals surface area contributed by atoms with E-state index in [1.54, 1.807) is 15.8 Å². The first kappa shape index (κ1) is 20.9. The number of amides is 2. The lowest BCUT2D eigenvalue weighted by atomic mass is 10.2. The molecule has 1 aliphatic heterocycles. The molecule has 31 heavy (non-hydrogen) atoms. The second kappa shape index (κ2) is 9.61. The molecule has 2 aromatic carbocycles. The van der Waals surface area contributed by atoms with E-state index in [2.05, 4.69) is 20.5 Å². The number of piperazine rings is 1. The molecule has 3 aromatic rings. The van der Waals surface area contributed by atoms with Crippen LogP contribution in [-0.2, 0) is 11.3 Å². The van der Waals surface area contributed by atoms with Gasteiger partial charge in [-0.2, -0.15) is 0 Å². The Morgan fingerprint density at radius 3 is 2.52 bits per heavy atom. The Balaban J connectivity index is 1.24. The van der Waals surface area contributed by atoms with Crippen molar-refractivity contribution in [1.29, 1.82) is 0 Å². The average molecular weight is 439 g/mol. The summed E-state index contributed by atoms with van der Waals surface area (Å²) in [6.07, 6.45) is 1.58. The van der Waals surface area contributed by atoms with Crippen molar-refractivity contribution in [3.8, 4) is 0 Å². The standard InChI is InChI=1S/C22H23ClN6O2/c23-18-7-4-8-19(13-18)27-9-11-28(12-10-27)21(30)14-24-22(31)20-16-29(26-25-20)15-17-5-2-1-3-6-17/h1-8,13,16H,9-12,14-15H2,(H,24,31). The van der Waals surface area contributed by atoms with Gasteiger partial charge in [-0.15, -0.1) is 5.10 Å². The first-order valence-electron chi connectivity index (χ1n) is 10.1. The van der Waals surface area contributed by atoms with Gasteiger partial charge in [-0.3, -0.25) is 9.59 Å². The van der Waals surface area contributed by atoms with Crippen LogP contribution in [0.25, 0.3) is 0 Å². The van der Waals surface area contributed by atoms with Crippen molar-refractivity contribution < 1.29 is 9.59 Å². The zero-order valence-corrected chi connectivity index (χ0v) is 17.7. The third-order valence-electron chi connectivity index (χ3n) is 5.16. The van der Waals surface area contributed by atoms with Crippen LogP contribution in [0.15, 0.2) is 60.8 Å². The fourth-order valence-electron chi connectivity index (χ4n) is 3.50. The van der Waals surface area contributed by atoms with Gasteiger partial charge in [-0.1, -0.05) is 53.2 Å². The molecule has 1 saturated heterocycles. The lowest BCUT2D eigenvalue weighted by Crippen LogP contribution is -2.51. The summed E-state index contributed by atoms with van der Waals surface area (Å²) in [4.78, 5) is 28.8. The van der Waals surface area contributed by atoms with Gasteiger partial charge in [-0.25, -0.2) is 4.68 Å². The Morgan fingerprint density at radius 2 is 1.77 bits per heavy atom. The van der Waals surface area contributed by atoms with Gasteiger partial charge in [0.2, 0.25) is 5.91 Å². The highest BCUT2D eigenvalue weighted by Gasteiger charge is 2.22. The summed E-state index contributed by atoms with van der Waals surface area (Å²) in [6.45, 7) is 3.07. The van der Waals surface area contributed by atoms with E-state index in [-0.39, 0.29) is 18.1 Å². The van der Waals surface area contributed by atoms with E-state index in [0.29, 0.717) is 37.7 Å². The Labute approximate surface area is 185 Å². The molecule has 8 nitrogen and oxygen atoms in total. The van der Waals surface area contributed by atoms with Crippen molar-refractivity contribution >= 4 is 29.1 Å². The minimum absolute atomic E-state index is 0.0679. The molecule has 1 aliphatic rings. The topological polar surface area (TPSA) is 83.4 Å². The number of hydrogen-bond donors (Lipinski definition) is 1. The number of hydrogen-bond acceptors (Lipinski definition) is 5. The van der Waals surface area contributed by atoms with E-state index in [4.69, 9.17) is 11.6 Å². The summed E-state index contributed by atoms with van der Waals surface area (Å²) < 4.78 is 1.60. The zero-order valence-electron chi connectivity index (χ0n) is 16.9. The molecule has 9 heteroatoms. The van der Waals surface area contributed by atoms with E-state index in [1.165, 1.54) is 0 Å². The molecule has 160 valence electrons. The molecule has 2 amide bonds. The first-order valence-corrected chi connectivity index (χ1v) is 10.5. The number of halogens is 1. The average Bonchev–Trinajstić information content (AvgIpc) is 3.26. The van der Waals surface area contributed by atoms with Crippen LogP contribution in [0.2, 0.25) is 5.02 Å². The molecule has 0 atom stereocenters. The highest BCUT2D eigenvalue weighted by molar-refractivity contribution is 6.30. The van der Waals surface area contributed by atoms with Crippen LogP contribution in [0.1, 0.15) is 16.1 Å². The fourth-order valence-corrected chi connectivity index (χ4v) is 3.68. The van der Waals surface area contributed by atoms with E-state index in [1.807, 2.05) is 54.6 Å². The lowest BCUT2D eigenvalue weighted by Gasteiger charge is -2.36. The summed E-state index contributed by atoms with van der Waals surface area (Å²) in [5.74, 6) is -0.527. The minimum Gasteiger partial charge on any atom is -0.368 e. The smallest absolute Gasteiger partial charge is 0.273 e. The van der Waals surface area contributed by atoms with Crippen LogP contribution in [0.5, 0.6) is 0 Å². The van der Waals surface area contributed by atoms with E-state index in [0.717, 1.165) is 11.3 Å². The maximum Gasteiger partial charge on any atom is 0.273 e. The van der Waals surface area contributed by atoms with Crippen LogP contribution in [-0.4, -0.2) is 64.4 Å². The van der Waals surface area contributed by atoms with Crippen LogP contribution >= 0.6 is 11.6 Å². The normalized spacial score (nSPS) is 13.8. The SMILES string of the molecule is O=C(NCC(=O)N1CCN(c2cccc(Cl)c2)CC1)c1cn(Cc2ccccc2)nn1. The molecule has 0 spiro atoms. The van der Waals surface area contributed by atoms with Gasteiger partial charge in [0.05, 0.1) is 19.3 Å². The van der Waals surface area contributed by atoms with Gasteiger partial charge in [-0.05, 0) is 23.8 Å². The minimum atomic E-state index is -0.412. The maximum atomic E-state index is 12.5. The van der Waals surface area contributed by atoms with E-state index < -0.39 is 5.91 Å². The van der Waals surface area contributed by atoms with Crippen molar-refractivity contribution in [2.45, 2.75) is 6.54 Å². The fraction of sp³-hybridized carbons (Fsp3) is 0.273. The predicted octanol–water partition coefficient (Wildman–Crippen LogP) is 2.06. The van der Waals surface area contributed by atoms with Gasteiger partial charge in [0.25, 0.3) is 5.91 Å². The Morgan fingerprint density at radius 1 is 1.00 bits per heavy atom. The monoisotopic (exact) mass is 438 g/mol. The van der Waals surface area contributed by atoms with Crippen LogP contribution in [0.4, 0.5) is 5.69 Å². The van der Waals surface area contributed by atoms with Crippen molar-refractivity contribution in [3.63, 3.8) is 0 Å². The summed E-state index contributed by atoms with van der Waals surface area (Å²) >= 11 is 6.06. The molecule has 0 saturated carbocycles. The van der Waals surface area contributed by atoms with Gasteiger partial charge in [0, 0.05) is 36.9 Å². The number of rotatable bonds is 6. The zero-order chi connectivity index (χ0) is 21.6. The van der Waals surface area contributed by atoms with E-state index >= 15 is 0 Å². The summed E-state index contributed by atoms with van der Waals surface area (Å²) in [5.41, 5.74) is 2.30. The van der Waals surface area contributed by atoms with Crippen LogP contribution in [0, 0.1) is 0 Å². The van der Waals surface area contributed by atoms with Gasteiger partial charge in [0.1, 0.15) is 0 Å². The second-order valence-corrected chi connectivity index (χ2v) is 7.75. The third kappa shape index (κ3) is 5.40. The molecule has 2 heterocycles. The summed E-state index contributed by atoms with van der Waals surface area (Å²) in [6, 6.07) is 17.5. The number of nitrogens with zero attached hydrogens (tertiary/aromatic N) is 5. The predicted molar refractivity (Wildman–Crippen MR) is 118 cm³/mol. The highest BCUT2D eigenvalue weighted by Crippen LogP contribution is 2.20. The highest BCUT2D eigenvalue weighted by atomic mass is 35.5. The van der Waals surface area contributed by atoms with Crippen molar-refractivity contribution in [1.82, 2.24) is 25.2 Å². The number of carbonyl (C=O) groups excluding carboxylic acids is 2. The Kier molecular flexibility index (Phi) is 6.47. The summed E-state index contributed by atoms with van der Waals surface area (Å²) in [7, 11) is 0. The number of carbonyl (C=O) groups is 2. The molecule has 1 aromatic heterocycles. The Bertz CT molecular complexity index is 1050. The summed E-state index contributed by atoms with van der Waals surface area (Å²) in [5, 5.41) is 11.2. The molecule has 1 N–H and O–H groups in total. The van der Waals surface area contributed by atoms with E-state index in [9.17, 15) is 9.59 Å². The largest absolute Gasteiger partial charge is 0.368 e. The number of nitrogens with one attached hydrogen (secondary N) is 1. The Hall–Kier alpha value is -3.39. The number of benzene rings is 2. The first-order chi connectivity index (χ1) is 15.1. The van der Waals surface area contributed by atoms with Gasteiger partial charge >= 0.3 is 0 Å². The van der Waals surface area contributed by atoms with Gasteiger partial charge < -0.3 is 15.1 Å². The molecule has 0 radical (unpaired) electrons. The number of aromatic nitrogens is 3. The molecular weight excluding hydrogens is 416 g/mol. The number of anilines is 1. The van der Waals surface area contributed by atoms with Crippen molar-refractivity contribution in [2.24, 2.45) is 0 Å². The molecule has 4 rings (SSSR count). The second-order valence-electron chi connectivity index (χ2n) is 7.32.